The minimum absolute atomic E-state index is 0.0728. The van der Waals surface area contributed by atoms with E-state index in [1.165, 1.54) is 11.3 Å². The Morgan fingerprint density at radius 3 is 2.70 bits per heavy atom. The van der Waals surface area contributed by atoms with Gasteiger partial charge < -0.3 is 19.9 Å². The highest BCUT2D eigenvalue weighted by Gasteiger charge is 2.25. The zero-order valence-electron chi connectivity index (χ0n) is 13.2. The molecule has 1 N–H and O–H groups in total. The van der Waals surface area contributed by atoms with Crippen LogP contribution in [0.4, 0.5) is 0 Å². The van der Waals surface area contributed by atoms with Crippen LogP contribution in [0, 0.1) is 0 Å². The minimum atomic E-state index is 0.0728. The van der Waals surface area contributed by atoms with Crippen molar-refractivity contribution in [2.24, 2.45) is 0 Å². The number of carbonyl (C=O) groups is 2. The third kappa shape index (κ3) is 4.31. The maximum Gasteiger partial charge on any atom is 0.264 e. The average Bonchev–Trinajstić information content (AvgIpc) is 3.28. The third-order valence-electron chi connectivity index (χ3n) is 4.32. The maximum absolute atomic E-state index is 12.3. The summed E-state index contributed by atoms with van der Waals surface area (Å²) in [7, 11) is 0. The van der Waals surface area contributed by atoms with E-state index in [0.717, 1.165) is 30.9 Å². The number of piperazine rings is 1. The molecule has 0 radical (unpaired) electrons. The second-order valence-corrected chi connectivity index (χ2v) is 6.86. The van der Waals surface area contributed by atoms with Gasteiger partial charge in [0.05, 0.1) is 17.5 Å². The Bertz CT molecular complexity index is 521. The Morgan fingerprint density at radius 2 is 2.04 bits per heavy atom. The van der Waals surface area contributed by atoms with Crippen LogP contribution in [0.15, 0.2) is 17.5 Å². The molecule has 0 aromatic carbocycles. The number of rotatable bonds is 5. The number of nitrogens with zero attached hydrogens (tertiary/aromatic N) is 2. The molecule has 2 fully saturated rings. The highest BCUT2D eigenvalue weighted by molar-refractivity contribution is 7.12. The topological polar surface area (TPSA) is 61.9 Å². The Morgan fingerprint density at radius 1 is 1.26 bits per heavy atom. The number of hydrogen-bond donors (Lipinski definition) is 1. The first-order valence-electron chi connectivity index (χ1n) is 8.17. The molecular weight excluding hydrogens is 314 g/mol. The molecule has 1 aromatic heterocycles. The van der Waals surface area contributed by atoms with Gasteiger partial charge >= 0.3 is 0 Å². The van der Waals surface area contributed by atoms with E-state index in [-0.39, 0.29) is 17.9 Å². The molecule has 2 aliphatic heterocycles. The molecule has 6 nitrogen and oxygen atoms in total. The average molecular weight is 337 g/mol. The summed E-state index contributed by atoms with van der Waals surface area (Å²) in [4.78, 5) is 28.9. The summed E-state index contributed by atoms with van der Waals surface area (Å²) in [6.45, 7) is 4.35. The number of nitrogens with one attached hydrogen (secondary N) is 1. The summed E-state index contributed by atoms with van der Waals surface area (Å²) in [5, 5.41) is 5.10. The molecule has 0 aliphatic carbocycles. The highest BCUT2D eigenvalue weighted by Crippen LogP contribution is 2.14. The van der Waals surface area contributed by atoms with Crippen LogP contribution in [-0.2, 0) is 9.53 Å². The maximum atomic E-state index is 12.3. The molecule has 1 aromatic rings. The summed E-state index contributed by atoms with van der Waals surface area (Å²) in [5.41, 5.74) is 0. The molecule has 3 heterocycles. The van der Waals surface area contributed by atoms with Crippen molar-refractivity contribution < 1.29 is 14.3 Å². The van der Waals surface area contributed by atoms with Gasteiger partial charge in [0.15, 0.2) is 0 Å². The molecule has 1 atom stereocenters. The Balaban J connectivity index is 1.38. The van der Waals surface area contributed by atoms with Gasteiger partial charge in [0.25, 0.3) is 5.91 Å². The first kappa shape index (κ1) is 16.4. The lowest BCUT2D eigenvalue weighted by Gasteiger charge is -2.34. The lowest BCUT2D eigenvalue weighted by Crippen LogP contribution is -2.52. The SMILES string of the molecule is O=C(CNCC1CCCO1)N1CCN(C(=O)c2cccs2)CC1. The van der Waals surface area contributed by atoms with E-state index in [1.807, 2.05) is 27.3 Å². The van der Waals surface area contributed by atoms with Gasteiger partial charge in [-0.05, 0) is 24.3 Å². The van der Waals surface area contributed by atoms with Gasteiger partial charge in [0.2, 0.25) is 5.91 Å². The lowest BCUT2D eigenvalue weighted by atomic mass is 10.2. The Kier molecular flexibility index (Phi) is 5.64. The zero-order chi connectivity index (χ0) is 16.1. The minimum Gasteiger partial charge on any atom is -0.377 e. The number of hydrogen-bond acceptors (Lipinski definition) is 5. The predicted octanol–water partition coefficient (Wildman–Crippen LogP) is 0.801. The largest absolute Gasteiger partial charge is 0.377 e. The molecule has 2 aliphatic rings. The van der Waals surface area contributed by atoms with Crippen LogP contribution in [0.2, 0.25) is 0 Å². The second kappa shape index (κ2) is 7.90. The quantitative estimate of drug-likeness (QED) is 0.863. The summed E-state index contributed by atoms with van der Waals surface area (Å²) in [6, 6.07) is 3.73. The number of amides is 2. The van der Waals surface area contributed by atoms with Crippen LogP contribution in [0.1, 0.15) is 22.5 Å². The van der Waals surface area contributed by atoms with E-state index in [1.54, 1.807) is 0 Å². The van der Waals surface area contributed by atoms with Crippen LogP contribution < -0.4 is 5.32 Å². The van der Waals surface area contributed by atoms with E-state index < -0.39 is 0 Å². The fourth-order valence-corrected chi connectivity index (χ4v) is 3.66. The van der Waals surface area contributed by atoms with Gasteiger partial charge in [-0.25, -0.2) is 0 Å². The fraction of sp³-hybridized carbons (Fsp3) is 0.625. The Hall–Kier alpha value is -1.44. The summed E-state index contributed by atoms with van der Waals surface area (Å²) >= 11 is 1.46. The van der Waals surface area contributed by atoms with Crippen LogP contribution in [0.3, 0.4) is 0 Å². The van der Waals surface area contributed by atoms with E-state index in [9.17, 15) is 9.59 Å². The molecule has 2 saturated heterocycles. The van der Waals surface area contributed by atoms with Crippen molar-refractivity contribution in [1.29, 1.82) is 0 Å². The molecule has 0 saturated carbocycles. The van der Waals surface area contributed by atoms with Crippen LogP contribution >= 0.6 is 11.3 Å². The number of thiophene rings is 1. The van der Waals surface area contributed by atoms with Crippen LogP contribution in [0.5, 0.6) is 0 Å². The predicted molar refractivity (Wildman–Crippen MR) is 88.6 cm³/mol. The number of ether oxygens (including phenoxy) is 1. The van der Waals surface area contributed by atoms with Crippen molar-refractivity contribution in [1.82, 2.24) is 15.1 Å². The summed E-state index contributed by atoms with van der Waals surface area (Å²) < 4.78 is 5.53. The molecule has 0 spiro atoms. The van der Waals surface area contributed by atoms with E-state index in [4.69, 9.17) is 4.74 Å². The van der Waals surface area contributed by atoms with Crippen molar-refractivity contribution in [3.05, 3.63) is 22.4 Å². The van der Waals surface area contributed by atoms with E-state index in [2.05, 4.69) is 5.32 Å². The van der Waals surface area contributed by atoms with Gasteiger partial charge in [-0.2, -0.15) is 0 Å². The highest BCUT2D eigenvalue weighted by atomic mass is 32.1. The number of carbonyl (C=O) groups excluding carboxylic acids is 2. The van der Waals surface area contributed by atoms with Gasteiger partial charge in [-0.3, -0.25) is 9.59 Å². The van der Waals surface area contributed by atoms with Crippen LogP contribution in [0.25, 0.3) is 0 Å². The molecule has 1 unspecified atom stereocenters. The van der Waals surface area contributed by atoms with Crippen molar-refractivity contribution in [3.8, 4) is 0 Å². The standard InChI is InChI=1S/C16H23N3O3S/c20-15(12-17-11-13-3-1-9-22-13)18-5-7-19(8-6-18)16(21)14-4-2-10-23-14/h2,4,10,13,17H,1,3,5-9,11-12H2. The van der Waals surface area contributed by atoms with Crippen molar-refractivity contribution in [3.63, 3.8) is 0 Å². The van der Waals surface area contributed by atoms with Gasteiger partial charge in [-0.15, -0.1) is 11.3 Å². The van der Waals surface area contributed by atoms with Crippen molar-refractivity contribution in [2.45, 2.75) is 18.9 Å². The van der Waals surface area contributed by atoms with Gasteiger partial charge in [-0.1, -0.05) is 6.07 Å². The second-order valence-electron chi connectivity index (χ2n) is 5.92. The summed E-state index contributed by atoms with van der Waals surface area (Å²) in [5.74, 6) is 0.176. The molecule has 7 heteroatoms. The first-order chi connectivity index (χ1) is 11.2. The molecule has 23 heavy (non-hydrogen) atoms. The monoisotopic (exact) mass is 337 g/mol. The van der Waals surface area contributed by atoms with E-state index in [0.29, 0.717) is 32.7 Å². The zero-order valence-corrected chi connectivity index (χ0v) is 14.0. The van der Waals surface area contributed by atoms with Gasteiger partial charge in [0.1, 0.15) is 0 Å². The van der Waals surface area contributed by atoms with Gasteiger partial charge in [0, 0.05) is 39.3 Å². The third-order valence-corrected chi connectivity index (χ3v) is 5.18. The molecule has 126 valence electrons. The summed E-state index contributed by atoms with van der Waals surface area (Å²) in [6.07, 6.45) is 2.44. The first-order valence-corrected chi connectivity index (χ1v) is 9.05. The molecule has 0 bridgehead atoms. The molecule has 3 rings (SSSR count). The normalized spacial score (nSPS) is 21.7. The van der Waals surface area contributed by atoms with E-state index >= 15 is 0 Å². The van der Waals surface area contributed by atoms with Crippen LogP contribution in [-0.4, -0.2) is 73.6 Å². The smallest absolute Gasteiger partial charge is 0.264 e. The lowest BCUT2D eigenvalue weighted by molar-refractivity contribution is -0.131. The molecular formula is C16H23N3O3S. The molecule has 2 amide bonds. The van der Waals surface area contributed by atoms with Crippen molar-refractivity contribution in [2.75, 3.05) is 45.9 Å². The fourth-order valence-electron chi connectivity index (χ4n) is 2.97. The Labute approximate surface area is 140 Å². The van der Waals surface area contributed by atoms with Crippen molar-refractivity contribution >= 4 is 23.2 Å².